The third-order valence-corrected chi connectivity index (χ3v) is 2.22. The fourth-order valence-corrected chi connectivity index (χ4v) is 1.41. The van der Waals surface area contributed by atoms with Crippen LogP contribution in [0.25, 0.3) is 0 Å². The quantitative estimate of drug-likeness (QED) is 0.354. The third-order valence-electron chi connectivity index (χ3n) is 2.22. The van der Waals surface area contributed by atoms with Crippen LogP contribution in [0.2, 0.25) is 0 Å². The van der Waals surface area contributed by atoms with Gasteiger partial charge in [0.15, 0.2) is 0 Å². The number of amides is 2. The van der Waals surface area contributed by atoms with E-state index in [1.165, 1.54) is 0 Å². The van der Waals surface area contributed by atoms with Crippen molar-refractivity contribution in [2.75, 3.05) is 5.01 Å². The highest BCUT2D eigenvalue weighted by Crippen LogP contribution is 2.35. The standard InChI is InChI=1S/C9H11F3N4O2/c10-9(11,12)6-2-1-3-7(5(6)4-17)16(14)8(18)15-13/h1-3,17H,4,13-14H2,(H,15,18). The summed E-state index contributed by atoms with van der Waals surface area (Å²) < 4.78 is 38.0. The number of halogens is 3. The Morgan fingerprint density at radius 1 is 1.44 bits per heavy atom. The zero-order chi connectivity index (χ0) is 13.9. The maximum absolute atomic E-state index is 12.7. The van der Waals surface area contributed by atoms with Crippen molar-refractivity contribution in [2.24, 2.45) is 11.7 Å². The van der Waals surface area contributed by atoms with Gasteiger partial charge in [-0.2, -0.15) is 13.2 Å². The molecule has 2 amide bonds. The molecule has 6 nitrogen and oxygen atoms in total. The minimum atomic E-state index is -4.66. The molecule has 1 rings (SSSR count). The summed E-state index contributed by atoms with van der Waals surface area (Å²) in [4.78, 5) is 11.1. The largest absolute Gasteiger partial charge is 0.416 e. The smallest absolute Gasteiger partial charge is 0.392 e. The first kappa shape index (κ1) is 14.2. The van der Waals surface area contributed by atoms with Gasteiger partial charge in [0.1, 0.15) is 0 Å². The van der Waals surface area contributed by atoms with Crippen LogP contribution in [0.1, 0.15) is 11.1 Å². The van der Waals surface area contributed by atoms with E-state index in [1.54, 1.807) is 5.43 Å². The normalized spacial score (nSPS) is 11.2. The number of anilines is 1. The van der Waals surface area contributed by atoms with Gasteiger partial charge < -0.3 is 5.11 Å². The third kappa shape index (κ3) is 2.70. The number of carbonyl (C=O) groups excluding carboxylic acids is 1. The lowest BCUT2D eigenvalue weighted by atomic mass is 10.1. The molecule has 0 bridgehead atoms. The van der Waals surface area contributed by atoms with Crippen molar-refractivity contribution in [3.63, 3.8) is 0 Å². The van der Waals surface area contributed by atoms with Gasteiger partial charge in [-0.1, -0.05) is 6.07 Å². The van der Waals surface area contributed by atoms with E-state index in [1.807, 2.05) is 0 Å². The monoisotopic (exact) mass is 264 g/mol. The van der Waals surface area contributed by atoms with Crippen molar-refractivity contribution >= 4 is 11.7 Å². The number of hydrogen-bond donors (Lipinski definition) is 4. The number of hydrazine groups is 2. The van der Waals surface area contributed by atoms with Crippen molar-refractivity contribution in [3.8, 4) is 0 Å². The zero-order valence-corrected chi connectivity index (χ0v) is 9.03. The summed E-state index contributed by atoms with van der Waals surface area (Å²) in [6.07, 6.45) is -4.66. The van der Waals surface area contributed by atoms with Crippen LogP contribution in [0, 0.1) is 0 Å². The van der Waals surface area contributed by atoms with E-state index in [9.17, 15) is 18.0 Å². The highest BCUT2D eigenvalue weighted by atomic mass is 19.4. The van der Waals surface area contributed by atoms with Crippen molar-refractivity contribution in [3.05, 3.63) is 29.3 Å². The second-order valence-electron chi connectivity index (χ2n) is 3.28. The molecular weight excluding hydrogens is 253 g/mol. The lowest BCUT2D eigenvalue weighted by Crippen LogP contribution is -2.48. The molecule has 0 atom stereocenters. The fourth-order valence-electron chi connectivity index (χ4n) is 1.41. The number of carbonyl (C=O) groups is 1. The first-order chi connectivity index (χ1) is 8.32. The SMILES string of the molecule is NNC(=O)N(N)c1cccc(C(F)(F)F)c1CO. The van der Waals surface area contributed by atoms with Crippen molar-refractivity contribution in [1.82, 2.24) is 5.43 Å². The first-order valence-corrected chi connectivity index (χ1v) is 4.68. The lowest BCUT2D eigenvalue weighted by Gasteiger charge is -2.21. The van der Waals surface area contributed by atoms with Crippen LogP contribution < -0.4 is 22.1 Å². The Kier molecular flexibility index (Phi) is 4.11. The number of aliphatic hydroxyl groups excluding tert-OH is 1. The Morgan fingerprint density at radius 2 is 2.06 bits per heavy atom. The summed E-state index contributed by atoms with van der Waals surface area (Å²) >= 11 is 0. The van der Waals surface area contributed by atoms with E-state index in [-0.39, 0.29) is 5.69 Å². The molecule has 0 aliphatic heterocycles. The van der Waals surface area contributed by atoms with Crippen LogP contribution >= 0.6 is 0 Å². The Labute approximate surface area is 99.9 Å². The summed E-state index contributed by atoms with van der Waals surface area (Å²) in [6, 6.07) is 2.00. The Morgan fingerprint density at radius 3 is 2.50 bits per heavy atom. The molecular formula is C9H11F3N4O2. The second-order valence-corrected chi connectivity index (χ2v) is 3.28. The van der Waals surface area contributed by atoms with E-state index in [2.05, 4.69) is 0 Å². The van der Waals surface area contributed by atoms with Crippen LogP contribution in [0.5, 0.6) is 0 Å². The predicted octanol–water partition coefficient (Wildman–Crippen LogP) is 0.461. The molecule has 9 heteroatoms. The topological polar surface area (TPSA) is 105 Å². The number of alkyl halides is 3. The molecule has 0 heterocycles. The molecule has 6 N–H and O–H groups in total. The minimum Gasteiger partial charge on any atom is -0.392 e. The number of urea groups is 1. The number of rotatable bonds is 2. The van der Waals surface area contributed by atoms with Gasteiger partial charge in [-0.25, -0.2) is 21.5 Å². The molecule has 0 spiro atoms. The number of aliphatic hydroxyl groups is 1. The van der Waals surface area contributed by atoms with Crippen LogP contribution in [0.15, 0.2) is 18.2 Å². The number of nitrogens with zero attached hydrogens (tertiary/aromatic N) is 1. The molecule has 0 aromatic heterocycles. The van der Waals surface area contributed by atoms with E-state index < -0.39 is 29.9 Å². The molecule has 1 aromatic rings. The van der Waals surface area contributed by atoms with Gasteiger partial charge in [0.2, 0.25) is 0 Å². The summed E-state index contributed by atoms with van der Waals surface area (Å²) in [5, 5.41) is 9.41. The average Bonchev–Trinajstić information content (AvgIpc) is 2.34. The average molecular weight is 264 g/mol. The van der Waals surface area contributed by atoms with Crippen molar-refractivity contribution < 1.29 is 23.1 Å². The number of nitrogens with two attached hydrogens (primary N) is 2. The zero-order valence-electron chi connectivity index (χ0n) is 9.03. The van der Waals surface area contributed by atoms with Crippen LogP contribution in [-0.2, 0) is 12.8 Å². The predicted molar refractivity (Wildman–Crippen MR) is 56.8 cm³/mol. The van der Waals surface area contributed by atoms with Crippen molar-refractivity contribution in [1.29, 1.82) is 0 Å². The molecule has 0 unspecified atom stereocenters. The molecule has 0 aliphatic rings. The van der Waals surface area contributed by atoms with Gasteiger partial charge >= 0.3 is 12.2 Å². The second kappa shape index (κ2) is 5.21. The van der Waals surface area contributed by atoms with Gasteiger partial charge in [-0.3, -0.25) is 5.43 Å². The number of nitrogens with one attached hydrogen (secondary N) is 1. The molecule has 0 fully saturated rings. The number of benzene rings is 1. The Hall–Kier alpha value is -1.84. The lowest BCUT2D eigenvalue weighted by molar-refractivity contribution is -0.138. The van der Waals surface area contributed by atoms with Gasteiger partial charge in [0.05, 0.1) is 17.9 Å². The van der Waals surface area contributed by atoms with Gasteiger partial charge in [0, 0.05) is 5.56 Å². The summed E-state index contributed by atoms with van der Waals surface area (Å²) in [6.45, 7) is -0.920. The van der Waals surface area contributed by atoms with E-state index in [0.29, 0.717) is 5.01 Å². The highest BCUT2D eigenvalue weighted by molar-refractivity contribution is 5.91. The summed E-state index contributed by atoms with van der Waals surface area (Å²) in [7, 11) is 0. The van der Waals surface area contributed by atoms with Gasteiger partial charge in [-0.15, -0.1) is 0 Å². The first-order valence-electron chi connectivity index (χ1n) is 4.68. The molecule has 0 aliphatic carbocycles. The van der Waals surface area contributed by atoms with Crippen LogP contribution in [0.4, 0.5) is 23.7 Å². The Balaban J connectivity index is 3.34. The van der Waals surface area contributed by atoms with E-state index in [4.69, 9.17) is 16.8 Å². The summed E-state index contributed by atoms with van der Waals surface area (Å²) in [5.41, 5.74) is -0.181. The van der Waals surface area contributed by atoms with E-state index >= 15 is 0 Å². The van der Waals surface area contributed by atoms with Gasteiger partial charge in [0.25, 0.3) is 0 Å². The summed E-state index contributed by atoms with van der Waals surface area (Å²) in [5.74, 6) is 10.1. The molecule has 100 valence electrons. The molecule has 0 radical (unpaired) electrons. The van der Waals surface area contributed by atoms with Crippen LogP contribution in [0.3, 0.4) is 0 Å². The van der Waals surface area contributed by atoms with E-state index in [0.717, 1.165) is 18.2 Å². The molecule has 18 heavy (non-hydrogen) atoms. The molecule has 0 saturated heterocycles. The fraction of sp³-hybridized carbons (Fsp3) is 0.222. The Bertz CT molecular complexity index is 450. The minimum absolute atomic E-state index is 0.282. The van der Waals surface area contributed by atoms with Gasteiger partial charge in [-0.05, 0) is 12.1 Å². The highest BCUT2D eigenvalue weighted by Gasteiger charge is 2.34. The maximum atomic E-state index is 12.7. The number of hydrogen-bond acceptors (Lipinski definition) is 4. The maximum Gasteiger partial charge on any atom is 0.416 e. The van der Waals surface area contributed by atoms with Crippen LogP contribution in [-0.4, -0.2) is 11.1 Å². The van der Waals surface area contributed by atoms with Crippen molar-refractivity contribution in [2.45, 2.75) is 12.8 Å². The molecule has 1 aromatic carbocycles. The molecule has 0 saturated carbocycles.